The number of alkyl halides is 4. The van der Waals surface area contributed by atoms with E-state index in [1.54, 1.807) is 13.0 Å². The highest BCUT2D eigenvalue weighted by Gasteiger charge is 2.53. The highest BCUT2D eigenvalue weighted by Crippen LogP contribution is 2.48. The first-order valence-electron chi connectivity index (χ1n) is 12.5. The molecule has 7 nitrogen and oxygen atoms in total. The van der Waals surface area contributed by atoms with Crippen molar-refractivity contribution in [2.45, 2.75) is 62.6 Å². The number of hydrogen-bond acceptors (Lipinski definition) is 5. The van der Waals surface area contributed by atoms with Gasteiger partial charge in [-0.2, -0.15) is 8.78 Å². The number of nitrogens with one attached hydrogen (secondary N) is 2. The zero-order valence-electron chi connectivity index (χ0n) is 20.7. The van der Waals surface area contributed by atoms with E-state index < -0.39 is 42.0 Å². The summed E-state index contributed by atoms with van der Waals surface area (Å²) >= 11 is 0. The molecule has 1 aliphatic carbocycles. The first-order chi connectivity index (χ1) is 17.5. The molecule has 2 aromatic rings. The van der Waals surface area contributed by atoms with E-state index in [0.717, 1.165) is 30.5 Å². The second-order valence-corrected chi connectivity index (χ2v) is 10.3. The van der Waals surface area contributed by atoms with Crippen LogP contribution >= 0.6 is 0 Å². The molecule has 1 aromatic heterocycles. The van der Waals surface area contributed by atoms with Crippen molar-refractivity contribution >= 4 is 11.6 Å². The lowest BCUT2D eigenvalue weighted by Gasteiger charge is -2.31. The molecular weight excluding hydrogens is 492 g/mol. The van der Waals surface area contributed by atoms with Gasteiger partial charge in [-0.05, 0) is 58.8 Å². The van der Waals surface area contributed by atoms with Crippen LogP contribution in [-0.2, 0) is 11.5 Å². The molecule has 2 N–H and O–H groups in total. The molecule has 1 amide bonds. The second kappa shape index (κ2) is 9.34. The van der Waals surface area contributed by atoms with Crippen molar-refractivity contribution in [3.8, 4) is 5.75 Å². The number of amides is 1. The van der Waals surface area contributed by atoms with E-state index in [1.807, 2.05) is 7.05 Å². The summed E-state index contributed by atoms with van der Waals surface area (Å²) in [6, 6.07) is 4.86. The highest BCUT2D eigenvalue weighted by atomic mass is 19.3. The fourth-order valence-corrected chi connectivity index (χ4v) is 5.18. The molecule has 2 fully saturated rings. The number of nitrogens with zero attached hydrogens (tertiary/aromatic N) is 2. The van der Waals surface area contributed by atoms with Gasteiger partial charge >= 0.3 is 5.92 Å². The number of carbonyl (C=O) groups is 1. The van der Waals surface area contributed by atoms with E-state index in [0.29, 0.717) is 5.56 Å². The molecule has 0 bridgehead atoms. The van der Waals surface area contributed by atoms with Crippen LogP contribution in [0.5, 0.6) is 5.75 Å². The van der Waals surface area contributed by atoms with Crippen LogP contribution in [0.4, 0.5) is 23.2 Å². The topological polar surface area (TPSA) is 75.6 Å². The number of para-hydroxylation sites is 1. The minimum atomic E-state index is -3.12. The quantitative estimate of drug-likeness (QED) is 0.536. The van der Waals surface area contributed by atoms with Gasteiger partial charge in [0.25, 0.3) is 17.9 Å². The third kappa shape index (κ3) is 4.69. The molecule has 11 heteroatoms. The third-order valence-electron chi connectivity index (χ3n) is 7.68. The Hall–Kier alpha value is -3.08. The summed E-state index contributed by atoms with van der Waals surface area (Å²) in [5.41, 5.74) is -1.75. The molecule has 1 aromatic carbocycles. The predicted octanol–water partition coefficient (Wildman–Crippen LogP) is 4.08. The number of halogens is 4. The Morgan fingerprint density at radius 1 is 1.19 bits per heavy atom. The molecule has 37 heavy (non-hydrogen) atoms. The molecule has 0 spiro atoms. The number of likely N-dealkylation sites (tertiary alicyclic amines) is 1. The van der Waals surface area contributed by atoms with Crippen LogP contribution in [-0.4, -0.2) is 54.6 Å². The molecule has 1 saturated heterocycles. The largest absolute Gasteiger partial charge is 0.486 e. The van der Waals surface area contributed by atoms with E-state index in [2.05, 4.69) is 15.5 Å². The SMILES string of the molecule is C[C@@H](NC(=O)c1cn(C2(C(F)F)CC2)c(=O)cc1NC1CCN(C)CC1)c1cccc2c1OCC2(F)F. The maximum Gasteiger partial charge on any atom is 0.310 e. The van der Waals surface area contributed by atoms with Gasteiger partial charge in [-0.1, -0.05) is 12.1 Å². The summed E-state index contributed by atoms with van der Waals surface area (Å²) in [5.74, 6) is -3.70. The highest BCUT2D eigenvalue weighted by molar-refractivity contribution is 5.99. The summed E-state index contributed by atoms with van der Waals surface area (Å²) in [7, 11) is 2.01. The maximum atomic E-state index is 14.2. The fourth-order valence-electron chi connectivity index (χ4n) is 5.18. The lowest BCUT2D eigenvalue weighted by atomic mass is 10.0. The van der Waals surface area contributed by atoms with Crippen LogP contribution in [0.3, 0.4) is 0 Å². The van der Waals surface area contributed by atoms with Gasteiger partial charge in [-0.3, -0.25) is 9.59 Å². The lowest BCUT2D eigenvalue weighted by molar-refractivity contribution is -0.0214. The maximum absolute atomic E-state index is 14.2. The average Bonchev–Trinajstić information content (AvgIpc) is 3.60. The molecule has 0 radical (unpaired) electrons. The molecule has 5 rings (SSSR count). The molecule has 3 aliphatic rings. The van der Waals surface area contributed by atoms with Gasteiger partial charge in [0.2, 0.25) is 0 Å². The number of pyridine rings is 1. The van der Waals surface area contributed by atoms with E-state index in [4.69, 9.17) is 4.74 Å². The molecule has 200 valence electrons. The number of ether oxygens (including phenoxy) is 1. The number of anilines is 1. The molecule has 0 unspecified atom stereocenters. The zero-order valence-corrected chi connectivity index (χ0v) is 20.7. The van der Waals surface area contributed by atoms with Gasteiger partial charge < -0.3 is 24.8 Å². The summed E-state index contributed by atoms with van der Waals surface area (Å²) in [4.78, 5) is 28.6. The van der Waals surface area contributed by atoms with Gasteiger partial charge in [-0.15, -0.1) is 0 Å². The first kappa shape index (κ1) is 25.6. The van der Waals surface area contributed by atoms with E-state index in [-0.39, 0.29) is 41.4 Å². The van der Waals surface area contributed by atoms with Crippen molar-refractivity contribution < 1.29 is 27.1 Å². The van der Waals surface area contributed by atoms with Gasteiger partial charge in [0.1, 0.15) is 11.3 Å². The van der Waals surface area contributed by atoms with Crippen molar-refractivity contribution in [3.05, 3.63) is 57.5 Å². The summed E-state index contributed by atoms with van der Waals surface area (Å²) < 4.78 is 62.2. The third-order valence-corrected chi connectivity index (χ3v) is 7.68. The Morgan fingerprint density at radius 2 is 1.89 bits per heavy atom. The van der Waals surface area contributed by atoms with Crippen LogP contribution in [0.25, 0.3) is 0 Å². The summed E-state index contributed by atoms with van der Waals surface area (Å²) in [6.07, 6.45) is 0.329. The van der Waals surface area contributed by atoms with Crippen LogP contribution in [0.2, 0.25) is 0 Å². The Morgan fingerprint density at radius 3 is 2.54 bits per heavy atom. The molecule has 2 aliphatic heterocycles. The van der Waals surface area contributed by atoms with E-state index in [1.165, 1.54) is 24.4 Å². The average molecular weight is 523 g/mol. The molecule has 1 atom stereocenters. The predicted molar refractivity (Wildman–Crippen MR) is 130 cm³/mol. The van der Waals surface area contributed by atoms with Crippen LogP contribution in [0.15, 0.2) is 35.3 Å². The normalized spacial score (nSPS) is 21.3. The van der Waals surface area contributed by atoms with Crippen molar-refractivity contribution in [2.75, 3.05) is 32.1 Å². The monoisotopic (exact) mass is 522 g/mol. The Kier molecular flexibility index (Phi) is 6.45. The second-order valence-electron chi connectivity index (χ2n) is 10.3. The number of benzene rings is 1. The van der Waals surface area contributed by atoms with Crippen molar-refractivity contribution in [3.63, 3.8) is 0 Å². The van der Waals surface area contributed by atoms with Crippen LogP contribution < -0.4 is 20.9 Å². The van der Waals surface area contributed by atoms with E-state index >= 15 is 0 Å². The number of hydrogen-bond donors (Lipinski definition) is 2. The fraction of sp³-hybridized carbons (Fsp3) is 0.538. The van der Waals surface area contributed by atoms with Crippen molar-refractivity contribution in [1.29, 1.82) is 0 Å². The zero-order chi connectivity index (χ0) is 26.5. The van der Waals surface area contributed by atoms with Gasteiger partial charge in [0, 0.05) is 23.9 Å². The van der Waals surface area contributed by atoms with Gasteiger partial charge in [0.15, 0.2) is 6.61 Å². The van der Waals surface area contributed by atoms with Crippen molar-refractivity contribution in [2.24, 2.45) is 0 Å². The van der Waals surface area contributed by atoms with Crippen LogP contribution in [0.1, 0.15) is 60.1 Å². The number of carbonyl (C=O) groups excluding carboxylic acids is 1. The standard InChI is InChI=1S/C26H30F4N4O3/c1-15(17-4-3-5-19-22(17)37-14-26(19,29)30)31-23(36)18-13-34(25(8-9-25)24(27)28)21(35)12-20(18)32-16-6-10-33(2)11-7-16/h3-5,12-13,15-16,24,32H,6-11,14H2,1-2H3,(H,31,36)/t15-/m1/s1. The first-order valence-corrected chi connectivity index (χ1v) is 12.5. The minimum absolute atomic E-state index is 0.00781. The Balaban J connectivity index is 1.46. The lowest BCUT2D eigenvalue weighted by Crippen LogP contribution is -2.40. The Labute approximate surface area is 211 Å². The molecule has 3 heterocycles. The molecule has 1 saturated carbocycles. The number of piperidine rings is 1. The van der Waals surface area contributed by atoms with Crippen LogP contribution in [0, 0.1) is 0 Å². The minimum Gasteiger partial charge on any atom is -0.486 e. The summed E-state index contributed by atoms with van der Waals surface area (Å²) in [6.45, 7) is 2.54. The smallest absolute Gasteiger partial charge is 0.310 e. The number of rotatable bonds is 7. The Bertz CT molecular complexity index is 1250. The van der Waals surface area contributed by atoms with E-state index in [9.17, 15) is 27.2 Å². The van der Waals surface area contributed by atoms with Gasteiger partial charge in [-0.25, -0.2) is 8.78 Å². The van der Waals surface area contributed by atoms with Gasteiger partial charge in [0.05, 0.1) is 22.9 Å². The number of fused-ring (bicyclic) bond motifs is 1. The molecular formula is C26H30F4N4O3. The number of aromatic nitrogens is 1. The summed E-state index contributed by atoms with van der Waals surface area (Å²) in [5, 5.41) is 6.06. The van der Waals surface area contributed by atoms with Crippen molar-refractivity contribution in [1.82, 2.24) is 14.8 Å².